The predicted octanol–water partition coefficient (Wildman–Crippen LogP) is 0.833. The number of carbonyl (C=O) groups is 1. The number of nitriles is 1. The molecule has 0 aromatic rings. The van der Waals surface area contributed by atoms with E-state index in [0.717, 1.165) is 32.6 Å². The summed E-state index contributed by atoms with van der Waals surface area (Å²) in [5.41, 5.74) is 0. The maximum atomic E-state index is 11.2. The first-order valence-electron chi connectivity index (χ1n) is 5.04. The molecule has 1 N–H and O–H groups in total. The van der Waals surface area contributed by atoms with E-state index < -0.39 is 0 Å². The summed E-state index contributed by atoms with van der Waals surface area (Å²) in [6.45, 7) is 2.34. The van der Waals surface area contributed by atoms with Gasteiger partial charge in [-0.3, -0.25) is 4.79 Å². The molecule has 4 heteroatoms. The maximum absolute atomic E-state index is 11.2. The molecule has 78 valence electrons. The van der Waals surface area contributed by atoms with Crippen molar-refractivity contribution in [2.45, 2.75) is 25.7 Å². The van der Waals surface area contributed by atoms with E-state index in [2.05, 4.69) is 5.32 Å². The molecule has 0 aliphatic carbocycles. The minimum Gasteiger partial charge on any atom is -0.381 e. The third-order valence-corrected chi connectivity index (χ3v) is 2.39. The molecule has 0 atom stereocenters. The molecule has 14 heavy (non-hydrogen) atoms. The summed E-state index contributed by atoms with van der Waals surface area (Å²) in [7, 11) is 0. The number of amides is 1. The van der Waals surface area contributed by atoms with Crippen molar-refractivity contribution in [1.82, 2.24) is 5.32 Å². The molecule has 1 rings (SSSR count). The number of rotatable bonds is 4. The molecule has 1 fully saturated rings. The van der Waals surface area contributed by atoms with Gasteiger partial charge in [0.15, 0.2) is 0 Å². The first-order chi connectivity index (χ1) is 6.83. The minimum atomic E-state index is -0.0157. The summed E-state index contributed by atoms with van der Waals surface area (Å²) >= 11 is 0. The van der Waals surface area contributed by atoms with Gasteiger partial charge in [-0.1, -0.05) is 0 Å². The first-order valence-corrected chi connectivity index (χ1v) is 5.04. The van der Waals surface area contributed by atoms with Crippen LogP contribution < -0.4 is 5.32 Å². The lowest BCUT2D eigenvalue weighted by molar-refractivity contribution is -0.121. The van der Waals surface area contributed by atoms with E-state index in [-0.39, 0.29) is 5.91 Å². The third kappa shape index (κ3) is 4.24. The smallest absolute Gasteiger partial charge is 0.221 e. The molecule has 0 saturated carbocycles. The Kier molecular flexibility index (Phi) is 5.02. The third-order valence-electron chi connectivity index (χ3n) is 2.39. The molecule has 0 unspecified atom stereocenters. The molecular weight excluding hydrogens is 180 g/mol. The fraction of sp³-hybridized carbons (Fsp3) is 0.800. The molecule has 1 aliphatic heterocycles. The average Bonchev–Trinajstić information content (AvgIpc) is 2.25. The lowest BCUT2D eigenvalue weighted by Crippen LogP contribution is -2.31. The van der Waals surface area contributed by atoms with E-state index in [9.17, 15) is 4.79 Å². The number of ether oxygens (including phenoxy) is 1. The van der Waals surface area contributed by atoms with Crippen LogP contribution in [-0.2, 0) is 9.53 Å². The molecule has 1 saturated heterocycles. The Morgan fingerprint density at radius 1 is 1.50 bits per heavy atom. The number of nitrogens with zero attached hydrogens (tertiary/aromatic N) is 1. The van der Waals surface area contributed by atoms with Crippen LogP contribution in [0.25, 0.3) is 0 Å². The second kappa shape index (κ2) is 6.39. The topological polar surface area (TPSA) is 62.1 Å². The Hall–Kier alpha value is -1.08. The quantitative estimate of drug-likeness (QED) is 0.724. The summed E-state index contributed by atoms with van der Waals surface area (Å²) in [6.07, 6.45) is 2.68. The molecule has 0 spiro atoms. The summed E-state index contributed by atoms with van der Waals surface area (Å²) in [5.74, 6) is 0.535. The normalized spacial score (nSPS) is 17.4. The fourth-order valence-electron chi connectivity index (χ4n) is 1.47. The average molecular weight is 196 g/mol. The van der Waals surface area contributed by atoms with Gasteiger partial charge in [0, 0.05) is 32.6 Å². The van der Waals surface area contributed by atoms with Gasteiger partial charge in [0.1, 0.15) is 0 Å². The molecule has 1 heterocycles. The van der Waals surface area contributed by atoms with Gasteiger partial charge in [-0.15, -0.1) is 0 Å². The van der Waals surface area contributed by atoms with Crippen LogP contribution in [0.15, 0.2) is 0 Å². The molecule has 0 radical (unpaired) electrons. The van der Waals surface area contributed by atoms with Crippen LogP contribution in [0.4, 0.5) is 0 Å². The van der Waals surface area contributed by atoms with Crippen molar-refractivity contribution in [3.63, 3.8) is 0 Å². The van der Waals surface area contributed by atoms with E-state index in [4.69, 9.17) is 10.00 Å². The van der Waals surface area contributed by atoms with Crippen LogP contribution >= 0.6 is 0 Å². The Bertz CT molecular complexity index is 217. The van der Waals surface area contributed by atoms with Crippen molar-refractivity contribution in [3.8, 4) is 6.07 Å². The summed E-state index contributed by atoms with van der Waals surface area (Å²) < 4.78 is 5.22. The summed E-state index contributed by atoms with van der Waals surface area (Å²) in [5, 5.41) is 11.1. The second-order valence-electron chi connectivity index (χ2n) is 3.52. The van der Waals surface area contributed by atoms with Crippen LogP contribution in [0, 0.1) is 17.2 Å². The highest BCUT2D eigenvalue weighted by molar-refractivity contribution is 5.76. The molecule has 1 aliphatic rings. The number of carbonyl (C=O) groups excluding carboxylic acids is 1. The van der Waals surface area contributed by atoms with Gasteiger partial charge in [-0.05, 0) is 18.8 Å². The van der Waals surface area contributed by atoms with E-state index in [0.29, 0.717) is 18.8 Å². The Balaban J connectivity index is 2.07. The van der Waals surface area contributed by atoms with Crippen LogP contribution in [0.1, 0.15) is 25.7 Å². The number of hydrogen-bond acceptors (Lipinski definition) is 3. The molecule has 0 aromatic heterocycles. The van der Waals surface area contributed by atoms with E-state index >= 15 is 0 Å². The van der Waals surface area contributed by atoms with Crippen LogP contribution in [0.5, 0.6) is 0 Å². The number of nitrogens with one attached hydrogen (secondary N) is 1. The molecule has 0 aromatic carbocycles. The van der Waals surface area contributed by atoms with Gasteiger partial charge in [0.25, 0.3) is 0 Å². The zero-order valence-electron chi connectivity index (χ0n) is 8.29. The van der Waals surface area contributed by atoms with Crippen molar-refractivity contribution in [2.75, 3.05) is 19.8 Å². The van der Waals surface area contributed by atoms with E-state index in [1.807, 2.05) is 6.07 Å². The van der Waals surface area contributed by atoms with Gasteiger partial charge < -0.3 is 10.1 Å². The van der Waals surface area contributed by atoms with Crippen LogP contribution in [0.3, 0.4) is 0 Å². The Morgan fingerprint density at radius 3 is 2.86 bits per heavy atom. The molecule has 4 nitrogen and oxygen atoms in total. The standard InChI is InChI=1S/C10H16N2O2/c11-5-1-2-10(13)12-8-9-3-6-14-7-4-9/h9H,1-4,6-8H2,(H,12,13). The largest absolute Gasteiger partial charge is 0.381 e. The van der Waals surface area contributed by atoms with Crippen molar-refractivity contribution >= 4 is 5.91 Å². The number of hydrogen-bond donors (Lipinski definition) is 1. The molecule has 1 amide bonds. The van der Waals surface area contributed by atoms with Gasteiger partial charge in [0.2, 0.25) is 5.91 Å². The maximum Gasteiger partial charge on any atom is 0.221 e. The van der Waals surface area contributed by atoms with Gasteiger partial charge in [0.05, 0.1) is 6.07 Å². The van der Waals surface area contributed by atoms with Crippen LogP contribution in [0.2, 0.25) is 0 Å². The van der Waals surface area contributed by atoms with Crippen LogP contribution in [-0.4, -0.2) is 25.7 Å². The predicted molar refractivity (Wildman–Crippen MR) is 51.4 cm³/mol. The summed E-state index contributed by atoms with van der Waals surface area (Å²) in [4.78, 5) is 11.2. The van der Waals surface area contributed by atoms with Crippen molar-refractivity contribution in [1.29, 1.82) is 5.26 Å². The lowest BCUT2D eigenvalue weighted by atomic mass is 10.0. The lowest BCUT2D eigenvalue weighted by Gasteiger charge is -2.21. The monoisotopic (exact) mass is 196 g/mol. The highest BCUT2D eigenvalue weighted by atomic mass is 16.5. The molecular formula is C10H16N2O2. The van der Waals surface area contributed by atoms with Gasteiger partial charge in [-0.2, -0.15) is 5.26 Å². The van der Waals surface area contributed by atoms with Crippen molar-refractivity contribution in [2.24, 2.45) is 5.92 Å². The SMILES string of the molecule is N#CCCC(=O)NCC1CCOCC1. The van der Waals surface area contributed by atoms with Gasteiger partial charge >= 0.3 is 0 Å². The Morgan fingerprint density at radius 2 is 2.21 bits per heavy atom. The minimum absolute atomic E-state index is 0.0157. The Labute approximate surface area is 84.2 Å². The van der Waals surface area contributed by atoms with Crippen molar-refractivity contribution < 1.29 is 9.53 Å². The second-order valence-corrected chi connectivity index (χ2v) is 3.52. The molecule has 0 bridgehead atoms. The highest BCUT2D eigenvalue weighted by Gasteiger charge is 2.14. The zero-order chi connectivity index (χ0) is 10.2. The van der Waals surface area contributed by atoms with Gasteiger partial charge in [-0.25, -0.2) is 0 Å². The highest BCUT2D eigenvalue weighted by Crippen LogP contribution is 2.13. The first kappa shape index (κ1) is 11.0. The fourth-order valence-corrected chi connectivity index (χ4v) is 1.47. The zero-order valence-corrected chi connectivity index (χ0v) is 8.29. The summed E-state index contributed by atoms with van der Waals surface area (Å²) in [6, 6.07) is 1.96. The van der Waals surface area contributed by atoms with E-state index in [1.165, 1.54) is 0 Å². The van der Waals surface area contributed by atoms with Crippen molar-refractivity contribution in [3.05, 3.63) is 0 Å². The van der Waals surface area contributed by atoms with E-state index in [1.54, 1.807) is 0 Å².